The molecule has 1 rings (SSSR count). The second kappa shape index (κ2) is 43.2. The number of hydrogen-bond donors (Lipinski definition) is 6. The van der Waals surface area contributed by atoms with Gasteiger partial charge in [-0.05, 0) is 89.9 Å². The Morgan fingerprint density at radius 3 is 1.42 bits per heavy atom. The molecule has 0 aromatic rings. The minimum Gasteiger partial charge on any atom is -0.394 e. The first-order chi connectivity index (χ1) is 31.3. The highest BCUT2D eigenvalue weighted by Gasteiger charge is 2.44. The van der Waals surface area contributed by atoms with Gasteiger partial charge in [0, 0.05) is 6.42 Å². The van der Waals surface area contributed by atoms with Gasteiger partial charge in [0.2, 0.25) is 5.91 Å². The third kappa shape index (κ3) is 32.9. The Kier molecular flexibility index (Phi) is 39.4. The van der Waals surface area contributed by atoms with Gasteiger partial charge in [0.15, 0.2) is 6.29 Å². The molecule has 0 aromatic carbocycles. The van der Waals surface area contributed by atoms with Crippen molar-refractivity contribution in [1.82, 2.24) is 5.32 Å². The standard InChI is InChI=1S/C55H87NO8/c1-3-5-7-9-10-11-12-13-14-15-16-17-18-19-20-21-22-23-24-25-26-27-28-29-30-31-32-33-34-35-36-37-38-39-40-41-43-45-51(59)56-48(49(58)44-42-8-6-4-2)47-63-55-54(62)53(61)52(60)50(46-57)64-55/h5,7,10-11,13-14,16-17,19-20,22-23,25-26,28-29,31-32,34-35,42,44,48-50,52-55,57-58,60-62H,3-4,6,8-9,12,15,18,21,24,27,30,33,36-41,43,45-47H2,1-2H3,(H,56,59)/b7-5-,11-10-,14-13-,17-16-,20-19-,23-22-,26-25-,29-28-,32-31-,35-34-,44-42+. The van der Waals surface area contributed by atoms with Crippen LogP contribution in [0.3, 0.4) is 0 Å². The molecule has 9 nitrogen and oxygen atoms in total. The number of aliphatic hydroxyl groups is 5. The van der Waals surface area contributed by atoms with Crippen molar-refractivity contribution >= 4 is 5.91 Å². The zero-order chi connectivity index (χ0) is 46.6. The average molecular weight is 890 g/mol. The molecule has 360 valence electrons. The van der Waals surface area contributed by atoms with E-state index in [1.807, 2.05) is 6.08 Å². The molecule has 1 saturated heterocycles. The summed E-state index contributed by atoms with van der Waals surface area (Å²) >= 11 is 0. The van der Waals surface area contributed by atoms with Crippen LogP contribution in [0.4, 0.5) is 0 Å². The number of rotatable bonds is 38. The smallest absolute Gasteiger partial charge is 0.220 e. The zero-order valence-electron chi connectivity index (χ0n) is 39.5. The highest BCUT2D eigenvalue weighted by atomic mass is 16.7. The number of carbonyl (C=O) groups is 1. The quantitative estimate of drug-likeness (QED) is 0.0265. The number of allylic oxidation sites excluding steroid dienone is 21. The Bertz CT molecular complexity index is 1450. The Hall–Kier alpha value is -3.67. The van der Waals surface area contributed by atoms with Gasteiger partial charge in [0.05, 0.1) is 25.4 Å². The lowest BCUT2D eigenvalue weighted by Crippen LogP contribution is -2.60. The predicted molar refractivity (Wildman–Crippen MR) is 267 cm³/mol. The highest BCUT2D eigenvalue weighted by molar-refractivity contribution is 5.76. The Labute approximate surface area is 388 Å². The molecule has 0 saturated carbocycles. The molecule has 0 aliphatic carbocycles. The number of aliphatic hydroxyl groups excluding tert-OH is 5. The van der Waals surface area contributed by atoms with E-state index in [2.05, 4.69) is 141 Å². The van der Waals surface area contributed by atoms with Crippen LogP contribution in [0.25, 0.3) is 0 Å². The van der Waals surface area contributed by atoms with Gasteiger partial charge in [0.25, 0.3) is 0 Å². The normalized spacial score (nSPS) is 21.3. The summed E-state index contributed by atoms with van der Waals surface area (Å²) in [5.41, 5.74) is 0. The summed E-state index contributed by atoms with van der Waals surface area (Å²) in [5.74, 6) is -0.209. The van der Waals surface area contributed by atoms with Gasteiger partial charge in [-0.15, -0.1) is 0 Å². The topological polar surface area (TPSA) is 149 Å². The first-order valence-corrected chi connectivity index (χ1v) is 24.4. The van der Waals surface area contributed by atoms with Crippen molar-refractivity contribution in [1.29, 1.82) is 0 Å². The molecule has 1 aliphatic heterocycles. The molecular formula is C55H87NO8. The molecule has 64 heavy (non-hydrogen) atoms. The summed E-state index contributed by atoms with van der Waals surface area (Å²) < 4.78 is 11.1. The molecule has 0 spiro atoms. The van der Waals surface area contributed by atoms with Crippen LogP contribution < -0.4 is 5.32 Å². The molecule has 1 fully saturated rings. The van der Waals surface area contributed by atoms with Crippen LogP contribution in [-0.4, -0.2) is 87.5 Å². The van der Waals surface area contributed by atoms with Crippen LogP contribution in [0.15, 0.2) is 134 Å². The van der Waals surface area contributed by atoms with E-state index in [1.54, 1.807) is 6.08 Å². The van der Waals surface area contributed by atoms with Crippen molar-refractivity contribution in [3.63, 3.8) is 0 Å². The van der Waals surface area contributed by atoms with Crippen molar-refractivity contribution in [2.24, 2.45) is 0 Å². The molecule has 0 aromatic heterocycles. The molecule has 7 unspecified atom stereocenters. The van der Waals surface area contributed by atoms with Crippen molar-refractivity contribution < 1.29 is 39.8 Å². The van der Waals surface area contributed by atoms with Crippen molar-refractivity contribution in [2.75, 3.05) is 13.2 Å². The first kappa shape index (κ1) is 58.3. The second-order valence-electron chi connectivity index (χ2n) is 16.2. The molecule has 1 amide bonds. The maximum Gasteiger partial charge on any atom is 0.220 e. The zero-order valence-corrected chi connectivity index (χ0v) is 39.5. The molecule has 1 heterocycles. The van der Waals surface area contributed by atoms with E-state index in [-0.39, 0.29) is 12.5 Å². The van der Waals surface area contributed by atoms with E-state index in [0.717, 1.165) is 128 Å². The average Bonchev–Trinajstić information content (AvgIpc) is 3.29. The van der Waals surface area contributed by atoms with Crippen LogP contribution in [0, 0.1) is 0 Å². The molecule has 9 heteroatoms. The Morgan fingerprint density at radius 1 is 0.547 bits per heavy atom. The van der Waals surface area contributed by atoms with E-state index < -0.39 is 49.5 Å². The van der Waals surface area contributed by atoms with Gasteiger partial charge in [-0.2, -0.15) is 0 Å². The van der Waals surface area contributed by atoms with Gasteiger partial charge in [-0.1, -0.05) is 186 Å². The van der Waals surface area contributed by atoms with E-state index in [9.17, 15) is 30.3 Å². The monoisotopic (exact) mass is 890 g/mol. The maximum absolute atomic E-state index is 12.8. The fraction of sp³-hybridized carbons (Fsp3) is 0.582. The van der Waals surface area contributed by atoms with Crippen LogP contribution in [0.2, 0.25) is 0 Å². The van der Waals surface area contributed by atoms with Crippen molar-refractivity contribution in [3.05, 3.63) is 134 Å². The maximum atomic E-state index is 12.8. The number of ether oxygens (including phenoxy) is 2. The molecule has 6 N–H and O–H groups in total. The Balaban J connectivity index is 2.10. The number of unbranched alkanes of at least 4 members (excludes halogenated alkanes) is 8. The van der Waals surface area contributed by atoms with Crippen LogP contribution >= 0.6 is 0 Å². The number of amides is 1. The van der Waals surface area contributed by atoms with Crippen LogP contribution in [0.1, 0.15) is 149 Å². The summed E-state index contributed by atoms with van der Waals surface area (Å²) in [6.45, 7) is 3.46. The summed E-state index contributed by atoms with van der Waals surface area (Å²) in [6.07, 6.45) is 60.1. The number of hydrogen-bond acceptors (Lipinski definition) is 8. The van der Waals surface area contributed by atoms with E-state index in [1.165, 1.54) is 0 Å². The van der Waals surface area contributed by atoms with E-state index in [0.29, 0.717) is 6.42 Å². The minimum absolute atomic E-state index is 0.207. The predicted octanol–water partition coefficient (Wildman–Crippen LogP) is 11.0. The van der Waals surface area contributed by atoms with Gasteiger partial charge in [-0.3, -0.25) is 4.79 Å². The van der Waals surface area contributed by atoms with Crippen molar-refractivity contribution in [2.45, 2.75) is 192 Å². The lowest BCUT2D eigenvalue weighted by Gasteiger charge is -2.40. The third-order valence-electron chi connectivity index (χ3n) is 10.5. The van der Waals surface area contributed by atoms with Gasteiger partial charge in [0.1, 0.15) is 24.4 Å². The summed E-state index contributed by atoms with van der Waals surface area (Å²) in [5, 5.41) is 53.6. The van der Waals surface area contributed by atoms with Crippen molar-refractivity contribution in [3.8, 4) is 0 Å². The largest absolute Gasteiger partial charge is 0.394 e. The minimum atomic E-state index is -1.57. The number of carbonyl (C=O) groups excluding carboxylic acids is 1. The second-order valence-corrected chi connectivity index (χ2v) is 16.2. The summed E-state index contributed by atoms with van der Waals surface area (Å²) in [4.78, 5) is 12.8. The van der Waals surface area contributed by atoms with E-state index >= 15 is 0 Å². The van der Waals surface area contributed by atoms with Gasteiger partial charge < -0.3 is 40.3 Å². The number of nitrogens with one attached hydrogen (secondary N) is 1. The fourth-order valence-corrected chi connectivity index (χ4v) is 6.58. The SMILES string of the molecule is CC/C=C\C/C=C\C/C=C\C/C=C\C/C=C\C/C=C\C/C=C\C/C=C\C/C=C\C/C=C\CCCCCCCCC(=O)NC(COC1OC(CO)C(O)C(O)C1O)C(O)/C=C/CCCC. The molecule has 7 atom stereocenters. The fourth-order valence-electron chi connectivity index (χ4n) is 6.58. The lowest BCUT2D eigenvalue weighted by atomic mass is 9.99. The van der Waals surface area contributed by atoms with E-state index in [4.69, 9.17) is 9.47 Å². The van der Waals surface area contributed by atoms with Gasteiger partial charge in [-0.25, -0.2) is 0 Å². The summed E-state index contributed by atoms with van der Waals surface area (Å²) in [7, 11) is 0. The first-order valence-electron chi connectivity index (χ1n) is 24.4. The lowest BCUT2D eigenvalue weighted by molar-refractivity contribution is -0.302. The summed E-state index contributed by atoms with van der Waals surface area (Å²) in [6, 6.07) is -0.818. The molecular weight excluding hydrogens is 803 g/mol. The molecule has 1 aliphatic rings. The molecule has 0 bridgehead atoms. The highest BCUT2D eigenvalue weighted by Crippen LogP contribution is 2.22. The third-order valence-corrected chi connectivity index (χ3v) is 10.5. The van der Waals surface area contributed by atoms with Crippen LogP contribution in [0.5, 0.6) is 0 Å². The van der Waals surface area contributed by atoms with Crippen LogP contribution in [-0.2, 0) is 14.3 Å². The Morgan fingerprint density at radius 2 is 0.969 bits per heavy atom. The van der Waals surface area contributed by atoms with Gasteiger partial charge >= 0.3 is 0 Å². The molecule has 0 radical (unpaired) electrons.